The van der Waals surface area contributed by atoms with Gasteiger partial charge in [-0.15, -0.1) is 24.8 Å². The van der Waals surface area contributed by atoms with E-state index in [0.717, 1.165) is 11.1 Å². The number of aryl methyl sites for hydroxylation is 1. The van der Waals surface area contributed by atoms with Crippen LogP contribution in [0, 0.1) is 0 Å². The SMILES string of the molecule is CNCc1cc(NC(=O)CCCc2ccc(C(Nc3ccc4c(c3)C(=O)NC4)C(=O)O)cc2)ccc1S(=O)(=O)C(C)C.Cl.Cl. The Morgan fingerprint density at radius 2 is 1.66 bits per heavy atom. The number of nitrogens with one attached hydrogen (secondary N) is 4. The lowest BCUT2D eigenvalue weighted by molar-refractivity contribution is -0.138. The highest BCUT2D eigenvalue weighted by Crippen LogP contribution is 2.26. The fraction of sp³-hybridized carbons (Fsp3) is 0.323. The van der Waals surface area contributed by atoms with E-state index in [2.05, 4.69) is 21.3 Å². The zero-order valence-electron chi connectivity index (χ0n) is 24.7. The quantitative estimate of drug-likeness (QED) is 0.173. The molecule has 238 valence electrons. The van der Waals surface area contributed by atoms with Gasteiger partial charge in [-0.05, 0) is 86.3 Å². The standard InChI is InChI=1S/C31H36N4O6S.2ClH/c1-19(2)42(40,41)27-14-13-24(15-23(27)17-32-3)34-28(36)6-4-5-20-7-9-21(10-8-20)29(31(38)39)35-25-12-11-22-18-33-30(37)26(22)16-25;;/h7-16,19,29,32,35H,4-6,17-18H2,1-3H3,(H,33,37)(H,34,36)(H,38,39);2*1H. The third-order valence-electron chi connectivity index (χ3n) is 7.17. The molecule has 1 aliphatic rings. The van der Waals surface area contributed by atoms with Crippen molar-refractivity contribution in [2.45, 2.75) is 62.4 Å². The van der Waals surface area contributed by atoms with E-state index < -0.39 is 27.1 Å². The van der Waals surface area contributed by atoms with E-state index >= 15 is 0 Å². The summed E-state index contributed by atoms with van der Waals surface area (Å²) in [7, 11) is -1.72. The molecule has 0 aliphatic carbocycles. The topological polar surface area (TPSA) is 154 Å². The molecule has 3 aromatic carbocycles. The molecule has 2 amide bonds. The van der Waals surface area contributed by atoms with Gasteiger partial charge < -0.3 is 26.4 Å². The van der Waals surface area contributed by atoms with Crippen LogP contribution in [-0.4, -0.2) is 43.6 Å². The number of halogens is 2. The normalized spacial score (nSPS) is 12.8. The molecule has 0 saturated carbocycles. The second-order valence-electron chi connectivity index (χ2n) is 10.6. The van der Waals surface area contributed by atoms with Gasteiger partial charge in [0.05, 0.1) is 10.1 Å². The molecule has 5 N–H and O–H groups in total. The number of benzene rings is 3. The number of carboxylic acids is 1. The molecule has 0 fully saturated rings. The van der Waals surface area contributed by atoms with Crippen LogP contribution in [0.5, 0.6) is 0 Å². The van der Waals surface area contributed by atoms with Crippen molar-refractivity contribution in [3.63, 3.8) is 0 Å². The maximum atomic E-state index is 12.7. The van der Waals surface area contributed by atoms with Crippen LogP contribution in [-0.2, 0) is 38.9 Å². The molecule has 10 nitrogen and oxygen atoms in total. The monoisotopic (exact) mass is 664 g/mol. The smallest absolute Gasteiger partial charge is 0.330 e. The number of amides is 2. The summed E-state index contributed by atoms with van der Waals surface area (Å²) in [5.41, 5.74) is 4.62. The number of fused-ring (bicyclic) bond motifs is 1. The van der Waals surface area contributed by atoms with E-state index in [0.29, 0.717) is 54.0 Å². The van der Waals surface area contributed by atoms with Crippen molar-refractivity contribution in [2.75, 3.05) is 17.7 Å². The highest BCUT2D eigenvalue weighted by molar-refractivity contribution is 7.92. The summed E-state index contributed by atoms with van der Waals surface area (Å²) in [6.45, 7) is 4.10. The Labute approximate surface area is 270 Å². The number of carbonyl (C=O) groups excluding carboxylic acids is 2. The lowest BCUT2D eigenvalue weighted by atomic mass is 10.0. The molecule has 0 radical (unpaired) electrons. The largest absolute Gasteiger partial charge is 0.479 e. The molecular formula is C31H38Cl2N4O6S. The predicted molar refractivity (Wildman–Crippen MR) is 176 cm³/mol. The van der Waals surface area contributed by atoms with Gasteiger partial charge in [-0.2, -0.15) is 0 Å². The van der Waals surface area contributed by atoms with E-state index in [9.17, 15) is 27.9 Å². The average Bonchev–Trinajstić information content (AvgIpc) is 3.32. The molecule has 0 bridgehead atoms. The summed E-state index contributed by atoms with van der Waals surface area (Å²) in [5, 5.41) is 20.9. The molecule has 0 spiro atoms. The molecular weight excluding hydrogens is 627 g/mol. The minimum atomic E-state index is -3.46. The minimum Gasteiger partial charge on any atom is -0.479 e. The van der Waals surface area contributed by atoms with Gasteiger partial charge in [0.15, 0.2) is 15.9 Å². The van der Waals surface area contributed by atoms with Gasteiger partial charge in [-0.3, -0.25) is 9.59 Å². The molecule has 4 rings (SSSR count). The van der Waals surface area contributed by atoms with Gasteiger partial charge in [-0.25, -0.2) is 13.2 Å². The third kappa shape index (κ3) is 8.72. The molecule has 44 heavy (non-hydrogen) atoms. The fourth-order valence-electron chi connectivity index (χ4n) is 4.83. The molecule has 1 atom stereocenters. The van der Waals surface area contributed by atoms with Crippen molar-refractivity contribution in [3.05, 3.63) is 88.5 Å². The van der Waals surface area contributed by atoms with Crippen LogP contribution in [0.15, 0.2) is 65.6 Å². The molecule has 0 aromatic heterocycles. The number of sulfone groups is 1. The van der Waals surface area contributed by atoms with E-state index in [4.69, 9.17) is 0 Å². The predicted octanol–water partition coefficient (Wildman–Crippen LogP) is 4.87. The Hall–Kier alpha value is -3.64. The highest BCUT2D eigenvalue weighted by Gasteiger charge is 2.24. The Morgan fingerprint density at radius 1 is 0.977 bits per heavy atom. The van der Waals surface area contributed by atoms with E-state index in [1.54, 1.807) is 69.4 Å². The molecule has 3 aromatic rings. The van der Waals surface area contributed by atoms with Crippen LogP contribution in [0.2, 0.25) is 0 Å². The van der Waals surface area contributed by atoms with Crippen molar-refractivity contribution in [1.29, 1.82) is 0 Å². The van der Waals surface area contributed by atoms with Crippen LogP contribution < -0.4 is 21.3 Å². The first-order chi connectivity index (χ1) is 20.0. The number of aliphatic carboxylic acids is 1. The summed E-state index contributed by atoms with van der Waals surface area (Å²) in [4.78, 5) is 36.8. The molecule has 1 unspecified atom stereocenters. The average molecular weight is 666 g/mol. The molecule has 1 heterocycles. The van der Waals surface area contributed by atoms with Gasteiger partial charge in [-0.1, -0.05) is 30.3 Å². The van der Waals surface area contributed by atoms with Crippen molar-refractivity contribution in [1.82, 2.24) is 10.6 Å². The number of hydrogen-bond acceptors (Lipinski definition) is 7. The van der Waals surface area contributed by atoms with Crippen molar-refractivity contribution in [3.8, 4) is 0 Å². The Kier molecular flexibility index (Phi) is 13.2. The number of rotatable bonds is 13. The summed E-state index contributed by atoms with van der Waals surface area (Å²) in [6, 6.07) is 16.3. The first kappa shape index (κ1) is 36.6. The summed E-state index contributed by atoms with van der Waals surface area (Å²) in [6.07, 6.45) is 1.46. The Balaban J connectivity index is 0.00000337. The summed E-state index contributed by atoms with van der Waals surface area (Å²) >= 11 is 0. The van der Waals surface area contributed by atoms with Crippen LogP contribution in [0.4, 0.5) is 11.4 Å². The van der Waals surface area contributed by atoms with Gasteiger partial charge in [0, 0.05) is 36.4 Å². The lowest BCUT2D eigenvalue weighted by Gasteiger charge is -2.17. The number of carbonyl (C=O) groups is 3. The fourth-order valence-corrected chi connectivity index (χ4v) is 6.09. The molecule has 1 aliphatic heterocycles. The maximum absolute atomic E-state index is 12.7. The van der Waals surface area contributed by atoms with Crippen LogP contribution in [0.25, 0.3) is 0 Å². The second kappa shape index (κ2) is 15.9. The van der Waals surface area contributed by atoms with Crippen LogP contribution >= 0.6 is 24.8 Å². The van der Waals surface area contributed by atoms with Crippen molar-refractivity contribution >= 4 is 63.8 Å². The van der Waals surface area contributed by atoms with Crippen molar-refractivity contribution in [2.24, 2.45) is 0 Å². The zero-order chi connectivity index (χ0) is 30.4. The van der Waals surface area contributed by atoms with E-state index in [1.807, 2.05) is 12.1 Å². The second-order valence-corrected chi connectivity index (χ2v) is 13.0. The van der Waals surface area contributed by atoms with Crippen LogP contribution in [0.1, 0.15) is 65.3 Å². The van der Waals surface area contributed by atoms with Gasteiger partial charge >= 0.3 is 5.97 Å². The van der Waals surface area contributed by atoms with E-state index in [-0.39, 0.29) is 47.9 Å². The number of carboxylic acid groups (broad SMARTS) is 1. The van der Waals surface area contributed by atoms with Crippen molar-refractivity contribution < 1.29 is 27.9 Å². The first-order valence-electron chi connectivity index (χ1n) is 13.8. The number of hydrogen-bond donors (Lipinski definition) is 5. The van der Waals surface area contributed by atoms with Crippen LogP contribution in [0.3, 0.4) is 0 Å². The number of anilines is 2. The maximum Gasteiger partial charge on any atom is 0.330 e. The summed E-state index contributed by atoms with van der Waals surface area (Å²) < 4.78 is 25.4. The zero-order valence-corrected chi connectivity index (χ0v) is 27.1. The van der Waals surface area contributed by atoms with Gasteiger partial charge in [0.25, 0.3) is 5.91 Å². The van der Waals surface area contributed by atoms with Gasteiger partial charge in [0.1, 0.15) is 0 Å². The molecule has 13 heteroatoms. The Bertz CT molecular complexity index is 1600. The van der Waals surface area contributed by atoms with Gasteiger partial charge in [0.2, 0.25) is 5.91 Å². The highest BCUT2D eigenvalue weighted by atomic mass is 35.5. The lowest BCUT2D eigenvalue weighted by Crippen LogP contribution is -2.20. The first-order valence-corrected chi connectivity index (χ1v) is 15.3. The minimum absolute atomic E-state index is 0. The third-order valence-corrected chi connectivity index (χ3v) is 9.43. The van der Waals surface area contributed by atoms with E-state index in [1.165, 1.54) is 0 Å². The summed E-state index contributed by atoms with van der Waals surface area (Å²) in [5.74, 6) is -1.40. The Morgan fingerprint density at radius 3 is 2.30 bits per heavy atom. The molecule has 0 saturated heterocycles.